The smallest absolute Gasteiger partial charge is 0.253 e. The van der Waals surface area contributed by atoms with Gasteiger partial charge < -0.3 is 10.2 Å². The molecule has 136 valence electrons. The first-order valence-electron chi connectivity index (χ1n) is 8.95. The molecule has 1 aliphatic rings. The Balaban J connectivity index is 1.49. The van der Waals surface area contributed by atoms with Gasteiger partial charge in [-0.3, -0.25) is 4.79 Å². The SMILES string of the molecule is O=C(c1cccc(Nc2ccc(-c3cccc(F)c3)nn2)c1)N1CCCC1. The van der Waals surface area contributed by atoms with Crippen LogP contribution < -0.4 is 5.32 Å². The van der Waals surface area contributed by atoms with E-state index in [9.17, 15) is 9.18 Å². The Labute approximate surface area is 156 Å². The minimum atomic E-state index is -0.309. The van der Waals surface area contributed by atoms with E-state index in [2.05, 4.69) is 15.5 Å². The fraction of sp³-hybridized carbons (Fsp3) is 0.190. The number of nitrogens with one attached hydrogen (secondary N) is 1. The van der Waals surface area contributed by atoms with Crippen LogP contribution in [0.2, 0.25) is 0 Å². The molecule has 0 bridgehead atoms. The van der Waals surface area contributed by atoms with Crippen LogP contribution in [0, 0.1) is 5.82 Å². The van der Waals surface area contributed by atoms with E-state index in [0.29, 0.717) is 22.6 Å². The molecular formula is C21H19FN4O. The van der Waals surface area contributed by atoms with E-state index in [1.807, 2.05) is 29.2 Å². The van der Waals surface area contributed by atoms with Gasteiger partial charge in [-0.2, -0.15) is 0 Å². The summed E-state index contributed by atoms with van der Waals surface area (Å²) in [6.45, 7) is 1.65. The molecule has 2 heterocycles. The summed E-state index contributed by atoms with van der Waals surface area (Å²) < 4.78 is 13.3. The average Bonchev–Trinajstić information content (AvgIpc) is 3.23. The molecule has 0 radical (unpaired) electrons. The number of aromatic nitrogens is 2. The van der Waals surface area contributed by atoms with Crippen molar-refractivity contribution in [1.82, 2.24) is 15.1 Å². The molecule has 27 heavy (non-hydrogen) atoms. The second-order valence-electron chi connectivity index (χ2n) is 6.52. The van der Waals surface area contributed by atoms with E-state index >= 15 is 0 Å². The lowest BCUT2D eigenvalue weighted by Gasteiger charge is -2.15. The summed E-state index contributed by atoms with van der Waals surface area (Å²) in [6.07, 6.45) is 2.13. The van der Waals surface area contributed by atoms with Crippen molar-refractivity contribution in [2.24, 2.45) is 0 Å². The normalized spacial score (nSPS) is 13.6. The van der Waals surface area contributed by atoms with Gasteiger partial charge in [0.1, 0.15) is 5.82 Å². The highest BCUT2D eigenvalue weighted by atomic mass is 19.1. The lowest BCUT2D eigenvalue weighted by atomic mass is 10.1. The molecular weight excluding hydrogens is 343 g/mol. The number of benzene rings is 2. The summed E-state index contributed by atoms with van der Waals surface area (Å²) in [5, 5.41) is 11.5. The summed E-state index contributed by atoms with van der Waals surface area (Å²) in [5.74, 6) is 0.306. The number of hydrogen-bond donors (Lipinski definition) is 1. The van der Waals surface area contributed by atoms with Gasteiger partial charge in [0.15, 0.2) is 5.82 Å². The second kappa shape index (κ2) is 7.53. The highest BCUT2D eigenvalue weighted by molar-refractivity contribution is 5.95. The minimum absolute atomic E-state index is 0.0590. The van der Waals surface area contributed by atoms with E-state index in [0.717, 1.165) is 31.6 Å². The topological polar surface area (TPSA) is 58.1 Å². The number of carbonyl (C=O) groups is 1. The Morgan fingerprint density at radius 2 is 1.78 bits per heavy atom. The van der Waals surface area contributed by atoms with Crippen LogP contribution in [0.5, 0.6) is 0 Å². The van der Waals surface area contributed by atoms with Gasteiger partial charge in [-0.15, -0.1) is 10.2 Å². The number of nitrogens with zero attached hydrogens (tertiary/aromatic N) is 3. The van der Waals surface area contributed by atoms with Crippen LogP contribution >= 0.6 is 0 Å². The molecule has 1 N–H and O–H groups in total. The van der Waals surface area contributed by atoms with Gasteiger partial charge in [0, 0.05) is 29.9 Å². The van der Waals surface area contributed by atoms with Gasteiger partial charge in [0.25, 0.3) is 5.91 Å². The van der Waals surface area contributed by atoms with Gasteiger partial charge in [0.2, 0.25) is 0 Å². The van der Waals surface area contributed by atoms with E-state index in [4.69, 9.17) is 0 Å². The van der Waals surface area contributed by atoms with Crippen molar-refractivity contribution in [2.45, 2.75) is 12.8 Å². The molecule has 3 aromatic rings. The molecule has 1 aromatic heterocycles. The van der Waals surface area contributed by atoms with Crippen LogP contribution in [0.4, 0.5) is 15.9 Å². The predicted molar refractivity (Wildman–Crippen MR) is 102 cm³/mol. The van der Waals surface area contributed by atoms with Crippen molar-refractivity contribution in [1.29, 1.82) is 0 Å². The van der Waals surface area contributed by atoms with Gasteiger partial charge in [0.05, 0.1) is 5.69 Å². The molecule has 2 aromatic carbocycles. The molecule has 1 amide bonds. The molecule has 0 unspecified atom stereocenters. The zero-order valence-corrected chi connectivity index (χ0v) is 14.7. The first-order valence-corrected chi connectivity index (χ1v) is 8.95. The lowest BCUT2D eigenvalue weighted by molar-refractivity contribution is 0.0793. The Morgan fingerprint density at radius 3 is 2.52 bits per heavy atom. The first kappa shape index (κ1) is 17.1. The zero-order valence-electron chi connectivity index (χ0n) is 14.7. The van der Waals surface area contributed by atoms with E-state index in [-0.39, 0.29) is 11.7 Å². The molecule has 0 saturated carbocycles. The van der Waals surface area contributed by atoms with Crippen LogP contribution in [0.1, 0.15) is 23.2 Å². The maximum absolute atomic E-state index is 13.3. The Kier molecular flexibility index (Phi) is 4.78. The minimum Gasteiger partial charge on any atom is -0.339 e. The van der Waals surface area contributed by atoms with E-state index in [1.165, 1.54) is 12.1 Å². The Bertz CT molecular complexity index is 952. The first-order chi connectivity index (χ1) is 13.2. The van der Waals surface area contributed by atoms with Crippen LogP contribution in [0.15, 0.2) is 60.7 Å². The number of likely N-dealkylation sites (tertiary alicyclic amines) is 1. The zero-order chi connectivity index (χ0) is 18.6. The van der Waals surface area contributed by atoms with Crippen molar-refractivity contribution in [2.75, 3.05) is 18.4 Å². The third kappa shape index (κ3) is 3.95. The maximum atomic E-state index is 13.3. The lowest BCUT2D eigenvalue weighted by Crippen LogP contribution is -2.27. The van der Waals surface area contributed by atoms with Crippen molar-refractivity contribution in [3.8, 4) is 11.3 Å². The fourth-order valence-electron chi connectivity index (χ4n) is 3.18. The number of hydrogen-bond acceptors (Lipinski definition) is 4. The van der Waals surface area contributed by atoms with Crippen LogP contribution in [0.3, 0.4) is 0 Å². The number of rotatable bonds is 4. The van der Waals surface area contributed by atoms with Crippen molar-refractivity contribution < 1.29 is 9.18 Å². The van der Waals surface area contributed by atoms with E-state index in [1.54, 1.807) is 24.3 Å². The molecule has 5 nitrogen and oxygen atoms in total. The molecule has 1 saturated heterocycles. The second-order valence-corrected chi connectivity index (χ2v) is 6.52. The summed E-state index contributed by atoms with van der Waals surface area (Å²) in [4.78, 5) is 14.4. The quantitative estimate of drug-likeness (QED) is 0.753. The maximum Gasteiger partial charge on any atom is 0.253 e. The van der Waals surface area contributed by atoms with Crippen molar-refractivity contribution in [3.05, 3.63) is 72.0 Å². The van der Waals surface area contributed by atoms with Crippen molar-refractivity contribution in [3.63, 3.8) is 0 Å². The molecule has 6 heteroatoms. The summed E-state index contributed by atoms with van der Waals surface area (Å²) in [7, 11) is 0. The molecule has 0 aliphatic carbocycles. The van der Waals surface area contributed by atoms with Crippen molar-refractivity contribution >= 4 is 17.4 Å². The van der Waals surface area contributed by atoms with Gasteiger partial charge in [-0.05, 0) is 55.3 Å². The Morgan fingerprint density at radius 1 is 0.963 bits per heavy atom. The third-order valence-electron chi connectivity index (χ3n) is 4.56. The molecule has 0 spiro atoms. The highest BCUT2D eigenvalue weighted by Crippen LogP contribution is 2.21. The number of amides is 1. The number of halogens is 1. The Hall–Kier alpha value is -3.28. The molecule has 1 aliphatic heterocycles. The third-order valence-corrected chi connectivity index (χ3v) is 4.56. The number of carbonyl (C=O) groups excluding carboxylic acids is 1. The summed E-state index contributed by atoms with van der Waals surface area (Å²) >= 11 is 0. The van der Waals surface area contributed by atoms with Gasteiger partial charge in [-0.25, -0.2) is 4.39 Å². The average molecular weight is 362 g/mol. The molecule has 1 fully saturated rings. The van der Waals surface area contributed by atoms with Gasteiger partial charge in [-0.1, -0.05) is 18.2 Å². The standard InChI is InChI=1S/C21H19FN4O/c22-17-7-3-5-15(13-17)19-9-10-20(25-24-19)23-18-8-4-6-16(14-18)21(27)26-11-1-2-12-26/h3-10,13-14H,1-2,11-12H2,(H,23,25). The molecule has 0 atom stereocenters. The van der Waals surface area contributed by atoms with E-state index < -0.39 is 0 Å². The van der Waals surface area contributed by atoms with Crippen LogP contribution in [-0.4, -0.2) is 34.1 Å². The predicted octanol–water partition coefficient (Wildman–Crippen LogP) is 4.26. The summed E-state index contributed by atoms with van der Waals surface area (Å²) in [5.41, 5.74) is 2.70. The van der Waals surface area contributed by atoms with Crippen LogP contribution in [-0.2, 0) is 0 Å². The largest absolute Gasteiger partial charge is 0.339 e. The fourth-order valence-corrected chi connectivity index (χ4v) is 3.18. The number of anilines is 2. The van der Waals surface area contributed by atoms with Gasteiger partial charge >= 0.3 is 0 Å². The highest BCUT2D eigenvalue weighted by Gasteiger charge is 2.19. The molecule has 4 rings (SSSR count). The summed E-state index contributed by atoms with van der Waals surface area (Å²) in [6, 6.07) is 17.2. The monoisotopic (exact) mass is 362 g/mol. The van der Waals surface area contributed by atoms with Crippen LogP contribution in [0.25, 0.3) is 11.3 Å².